The van der Waals surface area contributed by atoms with Crippen LogP contribution < -0.4 is 4.74 Å². The lowest BCUT2D eigenvalue weighted by atomic mass is 9.96. The summed E-state index contributed by atoms with van der Waals surface area (Å²) in [5.74, 6) is 1.44. The van der Waals surface area contributed by atoms with Crippen molar-refractivity contribution in [1.82, 2.24) is 15.0 Å². The summed E-state index contributed by atoms with van der Waals surface area (Å²) >= 11 is 13.1. The second-order valence-electron chi connectivity index (χ2n) is 9.20. The highest BCUT2D eigenvalue weighted by Gasteiger charge is 2.36. The van der Waals surface area contributed by atoms with E-state index in [1.165, 1.54) is 0 Å². The number of aryl methyl sites for hydroxylation is 1. The topological polar surface area (TPSA) is 89.7 Å². The van der Waals surface area contributed by atoms with E-state index in [4.69, 9.17) is 37.7 Å². The Morgan fingerprint density at radius 2 is 1.76 bits per heavy atom. The van der Waals surface area contributed by atoms with Crippen LogP contribution in [0.4, 0.5) is 0 Å². The Bertz CT molecular complexity index is 1870. The molecule has 0 spiro atoms. The van der Waals surface area contributed by atoms with Gasteiger partial charge in [0, 0.05) is 33.8 Å². The zero-order chi connectivity index (χ0) is 28.3. The SMILES string of the molecule is Cc1cccc2c(Cl)nc(\C(=C3/OC(=C\c4ccccn4)/C3=N\O)c3ccccc3OCc3ccccc3Cl)nc12. The summed E-state index contributed by atoms with van der Waals surface area (Å²) in [5, 5.41) is 15.2. The molecule has 0 amide bonds. The molecule has 1 aliphatic rings. The number of hydrogen-bond donors (Lipinski definition) is 1. The van der Waals surface area contributed by atoms with Gasteiger partial charge < -0.3 is 14.7 Å². The lowest BCUT2D eigenvalue weighted by Gasteiger charge is -2.27. The molecule has 1 fully saturated rings. The van der Waals surface area contributed by atoms with E-state index in [0.717, 1.165) is 16.5 Å². The van der Waals surface area contributed by atoms with Crippen molar-refractivity contribution in [1.29, 1.82) is 0 Å². The van der Waals surface area contributed by atoms with Crippen LogP contribution in [0.5, 0.6) is 5.75 Å². The van der Waals surface area contributed by atoms with Gasteiger partial charge in [-0.1, -0.05) is 83.0 Å². The minimum Gasteiger partial charge on any atom is -0.488 e. The van der Waals surface area contributed by atoms with Crippen LogP contribution in [-0.4, -0.2) is 25.9 Å². The van der Waals surface area contributed by atoms with Gasteiger partial charge in [0.05, 0.1) is 16.8 Å². The molecule has 2 aromatic heterocycles. The van der Waals surface area contributed by atoms with Gasteiger partial charge in [-0.05, 0) is 42.8 Å². The monoisotopic (exact) mass is 580 g/mol. The quantitative estimate of drug-likeness (QED) is 0.125. The van der Waals surface area contributed by atoms with Gasteiger partial charge in [-0.2, -0.15) is 0 Å². The molecule has 0 radical (unpaired) electrons. The van der Waals surface area contributed by atoms with Gasteiger partial charge in [-0.3, -0.25) is 4.98 Å². The van der Waals surface area contributed by atoms with Gasteiger partial charge in [-0.25, -0.2) is 9.97 Å². The average Bonchev–Trinajstić information content (AvgIpc) is 2.98. The van der Waals surface area contributed by atoms with E-state index < -0.39 is 0 Å². The molecule has 7 nitrogen and oxygen atoms in total. The van der Waals surface area contributed by atoms with Crippen molar-refractivity contribution in [2.45, 2.75) is 13.5 Å². The maximum absolute atomic E-state index is 10.1. The highest BCUT2D eigenvalue weighted by Crippen LogP contribution is 2.41. The summed E-state index contributed by atoms with van der Waals surface area (Å²) in [6, 6.07) is 26.1. The second kappa shape index (κ2) is 11.4. The maximum atomic E-state index is 10.1. The fraction of sp³-hybridized carbons (Fsp3) is 0.0625. The number of halogens is 2. The van der Waals surface area contributed by atoms with Crippen LogP contribution in [0.2, 0.25) is 10.2 Å². The molecule has 1 saturated heterocycles. The van der Waals surface area contributed by atoms with Gasteiger partial charge in [0.2, 0.25) is 0 Å². The van der Waals surface area contributed by atoms with Crippen LogP contribution >= 0.6 is 23.2 Å². The standard InChI is InChI=1S/C32H22Cl2N4O3/c1-19-9-8-13-23-28(19)36-32(37-31(23)34)27(30-29(38-39)26(41-30)17-21-11-6-7-16-35-21)22-12-3-5-15-25(22)40-18-20-10-2-4-14-24(20)33/h2-17,39H,18H2,1H3/b26-17-,30-27-,38-29+. The first-order chi connectivity index (χ1) is 20.0. The molecular formula is C32H22Cl2N4O3. The van der Waals surface area contributed by atoms with Crippen LogP contribution in [0.25, 0.3) is 22.6 Å². The Hall–Kier alpha value is -4.72. The van der Waals surface area contributed by atoms with Crippen LogP contribution in [-0.2, 0) is 11.3 Å². The Balaban J connectivity index is 1.52. The van der Waals surface area contributed by atoms with E-state index in [0.29, 0.717) is 44.7 Å². The van der Waals surface area contributed by atoms with E-state index in [2.05, 4.69) is 15.1 Å². The van der Waals surface area contributed by atoms with Crippen molar-refractivity contribution in [3.8, 4) is 5.75 Å². The summed E-state index contributed by atoms with van der Waals surface area (Å²) in [6.07, 6.45) is 3.36. The molecule has 3 heterocycles. The van der Waals surface area contributed by atoms with Crippen LogP contribution in [0.3, 0.4) is 0 Å². The highest BCUT2D eigenvalue weighted by molar-refractivity contribution is 6.34. The molecule has 6 rings (SSSR count). The van der Waals surface area contributed by atoms with Gasteiger partial charge in [0.1, 0.15) is 17.5 Å². The molecular weight excluding hydrogens is 559 g/mol. The molecule has 0 aliphatic carbocycles. The number of aromatic nitrogens is 3. The first-order valence-electron chi connectivity index (χ1n) is 12.7. The Labute approximate surface area is 246 Å². The Kier molecular flexibility index (Phi) is 7.37. The zero-order valence-corrected chi connectivity index (χ0v) is 23.3. The predicted molar refractivity (Wildman–Crippen MR) is 160 cm³/mol. The third-order valence-electron chi connectivity index (χ3n) is 6.56. The van der Waals surface area contributed by atoms with Crippen molar-refractivity contribution in [3.63, 3.8) is 0 Å². The lowest BCUT2D eigenvalue weighted by Crippen LogP contribution is -2.25. The van der Waals surface area contributed by atoms with Crippen molar-refractivity contribution < 1.29 is 14.7 Å². The minimum atomic E-state index is 0.219. The van der Waals surface area contributed by atoms with Crippen molar-refractivity contribution >= 4 is 51.5 Å². The summed E-state index contributed by atoms with van der Waals surface area (Å²) in [4.78, 5) is 13.8. The summed E-state index contributed by atoms with van der Waals surface area (Å²) in [5.41, 5.74) is 4.40. The molecule has 1 N–H and O–H groups in total. The number of hydrogen-bond acceptors (Lipinski definition) is 7. The summed E-state index contributed by atoms with van der Waals surface area (Å²) in [7, 11) is 0. The largest absolute Gasteiger partial charge is 0.488 e. The van der Waals surface area contributed by atoms with Crippen molar-refractivity contribution in [3.05, 3.63) is 141 Å². The molecule has 5 aromatic rings. The van der Waals surface area contributed by atoms with E-state index >= 15 is 0 Å². The molecule has 202 valence electrons. The summed E-state index contributed by atoms with van der Waals surface area (Å²) < 4.78 is 12.4. The normalized spacial score (nSPS) is 16.0. The first-order valence-corrected chi connectivity index (χ1v) is 13.5. The predicted octanol–water partition coefficient (Wildman–Crippen LogP) is 7.88. The molecule has 9 heteroatoms. The summed E-state index contributed by atoms with van der Waals surface area (Å²) in [6.45, 7) is 2.18. The number of ether oxygens (including phenoxy) is 2. The van der Waals surface area contributed by atoms with Crippen LogP contribution in [0.15, 0.2) is 108 Å². The van der Waals surface area contributed by atoms with Gasteiger partial charge in [0.15, 0.2) is 23.1 Å². The zero-order valence-electron chi connectivity index (χ0n) is 21.8. The second-order valence-corrected chi connectivity index (χ2v) is 9.97. The first kappa shape index (κ1) is 26.5. The molecule has 0 unspecified atom stereocenters. The minimum absolute atomic E-state index is 0.219. The number of para-hydroxylation sites is 2. The third-order valence-corrected chi connectivity index (χ3v) is 7.21. The molecule has 0 atom stereocenters. The third kappa shape index (κ3) is 5.25. The molecule has 3 aromatic carbocycles. The fourth-order valence-electron chi connectivity index (χ4n) is 4.51. The highest BCUT2D eigenvalue weighted by atomic mass is 35.5. The lowest BCUT2D eigenvalue weighted by molar-refractivity contribution is 0.275. The molecule has 0 bridgehead atoms. The average molecular weight is 581 g/mol. The molecule has 41 heavy (non-hydrogen) atoms. The maximum Gasteiger partial charge on any atom is 0.188 e. The van der Waals surface area contributed by atoms with Crippen molar-refractivity contribution in [2.75, 3.05) is 0 Å². The number of oxime groups is 1. The van der Waals surface area contributed by atoms with Gasteiger partial charge in [-0.15, -0.1) is 0 Å². The number of rotatable bonds is 6. The Morgan fingerprint density at radius 3 is 2.56 bits per heavy atom. The van der Waals surface area contributed by atoms with Gasteiger partial charge >= 0.3 is 0 Å². The van der Waals surface area contributed by atoms with Crippen molar-refractivity contribution in [2.24, 2.45) is 5.16 Å². The Morgan fingerprint density at radius 1 is 0.951 bits per heavy atom. The van der Waals surface area contributed by atoms with E-state index in [1.807, 2.05) is 91.9 Å². The van der Waals surface area contributed by atoms with E-state index in [9.17, 15) is 5.21 Å². The smallest absolute Gasteiger partial charge is 0.188 e. The molecule has 0 saturated carbocycles. The van der Waals surface area contributed by atoms with E-state index in [1.54, 1.807) is 12.3 Å². The number of nitrogens with zero attached hydrogens (tertiary/aromatic N) is 4. The van der Waals surface area contributed by atoms with Crippen LogP contribution in [0.1, 0.15) is 28.2 Å². The van der Waals surface area contributed by atoms with Crippen LogP contribution in [0, 0.1) is 6.92 Å². The number of pyridine rings is 1. The fourth-order valence-corrected chi connectivity index (χ4v) is 4.94. The number of fused-ring (bicyclic) bond motifs is 1. The molecule has 1 aliphatic heterocycles. The number of benzene rings is 3. The van der Waals surface area contributed by atoms with E-state index in [-0.39, 0.29) is 23.2 Å². The van der Waals surface area contributed by atoms with Gasteiger partial charge in [0.25, 0.3) is 0 Å².